The summed E-state index contributed by atoms with van der Waals surface area (Å²) in [5, 5.41) is 6.00. The summed E-state index contributed by atoms with van der Waals surface area (Å²) in [5.74, 6) is -1.86. The van der Waals surface area contributed by atoms with Crippen LogP contribution in [0.1, 0.15) is 42.6 Å². The number of anilines is 2. The fraction of sp³-hybridized carbons (Fsp3) is 0.500. The van der Waals surface area contributed by atoms with E-state index in [0.29, 0.717) is 36.7 Å². The van der Waals surface area contributed by atoms with E-state index in [9.17, 15) is 19.2 Å². The molecule has 44 heavy (non-hydrogen) atoms. The molecule has 236 valence electrons. The zero-order chi connectivity index (χ0) is 31.8. The van der Waals surface area contributed by atoms with Gasteiger partial charge in [-0.05, 0) is 63.4 Å². The van der Waals surface area contributed by atoms with Gasteiger partial charge in [-0.25, -0.2) is 4.79 Å². The maximum atomic E-state index is 14.4. The van der Waals surface area contributed by atoms with Crippen LogP contribution < -0.4 is 20.3 Å². The molecule has 5 rings (SSSR count). The summed E-state index contributed by atoms with van der Waals surface area (Å²) < 4.78 is 16.5. The van der Waals surface area contributed by atoms with Crippen molar-refractivity contribution in [2.24, 2.45) is 17.8 Å². The van der Waals surface area contributed by atoms with Crippen LogP contribution >= 0.6 is 11.6 Å². The number of halogens is 1. The molecule has 4 amide bonds. The summed E-state index contributed by atoms with van der Waals surface area (Å²) in [6, 6.07) is 10.2. The number of carbonyl (C=O) groups is 4. The standard InChI is InChI=1S/C32H39ClN4O7/c1-18-7-6-8-26(43-5)27(18)35-28(38)19-13-20-17-36(16-19)31(41)44-32(2,3)23-15-25(23)37(30(20)40)21-9-10-24(33)22(14-21)29(39)34-11-12-42-4/h6-10,14,19-20,23,25H,11-13,15-17H2,1-5H3,(H,34,39)(H,35,38)/t19-,20+,23?,25?/m0/s1. The van der Waals surface area contributed by atoms with Gasteiger partial charge in [0.2, 0.25) is 11.8 Å². The number of ether oxygens (including phenoxy) is 3. The molecule has 2 aromatic rings. The van der Waals surface area contributed by atoms with E-state index >= 15 is 0 Å². The molecule has 12 heteroatoms. The highest BCUT2D eigenvalue weighted by Gasteiger charge is 2.57. The number of nitrogens with zero attached hydrogens (tertiary/aromatic N) is 2. The minimum Gasteiger partial charge on any atom is -0.495 e. The van der Waals surface area contributed by atoms with E-state index in [1.165, 1.54) is 12.0 Å². The first-order chi connectivity index (χ1) is 20.9. The molecule has 2 bridgehead atoms. The Morgan fingerprint density at radius 2 is 1.89 bits per heavy atom. The number of para-hydroxylation sites is 1. The highest BCUT2D eigenvalue weighted by atomic mass is 35.5. The number of fused-ring (bicyclic) bond motifs is 3. The van der Waals surface area contributed by atoms with Crippen LogP contribution in [0.4, 0.5) is 16.2 Å². The summed E-state index contributed by atoms with van der Waals surface area (Å²) in [4.78, 5) is 57.6. The van der Waals surface area contributed by atoms with E-state index in [2.05, 4.69) is 10.6 Å². The van der Waals surface area contributed by atoms with Crippen molar-refractivity contribution in [3.63, 3.8) is 0 Å². The fourth-order valence-corrected chi connectivity index (χ4v) is 6.47. The number of carbonyl (C=O) groups excluding carboxylic acids is 4. The van der Waals surface area contributed by atoms with Crippen LogP contribution in [-0.2, 0) is 19.1 Å². The topological polar surface area (TPSA) is 127 Å². The van der Waals surface area contributed by atoms with Gasteiger partial charge in [-0.1, -0.05) is 23.7 Å². The number of piperidine rings is 1. The Morgan fingerprint density at radius 3 is 2.61 bits per heavy atom. The van der Waals surface area contributed by atoms with Gasteiger partial charge in [-0.15, -0.1) is 0 Å². The van der Waals surface area contributed by atoms with E-state index in [-0.39, 0.29) is 59.8 Å². The molecule has 2 aliphatic heterocycles. The van der Waals surface area contributed by atoms with Gasteiger partial charge in [-0.2, -0.15) is 0 Å². The van der Waals surface area contributed by atoms with E-state index in [1.54, 1.807) is 36.3 Å². The van der Waals surface area contributed by atoms with Crippen LogP contribution in [0.5, 0.6) is 5.75 Å². The van der Waals surface area contributed by atoms with Gasteiger partial charge < -0.3 is 34.6 Å². The van der Waals surface area contributed by atoms with E-state index in [4.69, 9.17) is 25.8 Å². The third kappa shape index (κ3) is 6.34. The minimum atomic E-state index is -0.871. The van der Waals surface area contributed by atoms with Crippen molar-refractivity contribution in [1.29, 1.82) is 0 Å². The number of methoxy groups -OCH3 is 2. The van der Waals surface area contributed by atoms with Gasteiger partial charge in [0.05, 0.1) is 41.8 Å². The zero-order valence-corrected chi connectivity index (χ0v) is 26.4. The van der Waals surface area contributed by atoms with Crippen LogP contribution in [0.15, 0.2) is 36.4 Å². The highest BCUT2D eigenvalue weighted by molar-refractivity contribution is 6.34. The summed E-state index contributed by atoms with van der Waals surface area (Å²) >= 11 is 6.42. The molecule has 2 unspecified atom stereocenters. The van der Waals surface area contributed by atoms with Crippen molar-refractivity contribution in [3.05, 3.63) is 52.5 Å². The molecular weight excluding hydrogens is 588 g/mol. The molecule has 2 saturated heterocycles. The number of cyclic esters (lactones) is 1. The van der Waals surface area contributed by atoms with Crippen molar-refractivity contribution in [3.8, 4) is 5.75 Å². The number of rotatable bonds is 8. The molecule has 2 aromatic carbocycles. The van der Waals surface area contributed by atoms with Gasteiger partial charge in [0, 0.05) is 44.4 Å². The first kappa shape index (κ1) is 31.6. The van der Waals surface area contributed by atoms with E-state index in [0.717, 1.165) is 5.56 Å². The summed E-state index contributed by atoms with van der Waals surface area (Å²) in [6.45, 7) is 6.41. The SMILES string of the molecule is COCCNC(=O)c1cc(N2C(=O)[C@@H]3C[C@H](C(=O)Nc4c(C)cccc4OC)CN(C3)C(=O)OC(C)(C)C3CC32)ccc1Cl. The summed E-state index contributed by atoms with van der Waals surface area (Å²) in [5.41, 5.74) is 1.26. The maximum absolute atomic E-state index is 14.4. The first-order valence-electron chi connectivity index (χ1n) is 14.8. The zero-order valence-electron chi connectivity index (χ0n) is 25.6. The smallest absolute Gasteiger partial charge is 0.410 e. The van der Waals surface area contributed by atoms with Crippen molar-refractivity contribution >= 4 is 46.8 Å². The average Bonchev–Trinajstić information content (AvgIpc) is 3.79. The number of amides is 4. The Hall–Kier alpha value is -3.83. The van der Waals surface area contributed by atoms with Crippen LogP contribution in [0, 0.1) is 24.7 Å². The molecule has 1 aliphatic carbocycles. The average molecular weight is 627 g/mol. The molecule has 0 aromatic heterocycles. The third-order valence-corrected chi connectivity index (χ3v) is 9.09. The minimum absolute atomic E-state index is 0.108. The van der Waals surface area contributed by atoms with Gasteiger partial charge in [-0.3, -0.25) is 14.4 Å². The lowest BCUT2D eigenvalue weighted by atomic mass is 9.87. The molecule has 0 spiro atoms. The lowest BCUT2D eigenvalue weighted by Gasteiger charge is -2.41. The number of nitrogens with one attached hydrogen (secondary N) is 2. The Labute approximate surface area is 262 Å². The van der Waals surface area contributed by atoms with E-state index < -0.39 is 23.5 Å². The Bertz CT molecular complexity index is 1460. The Kier molecular flexibility index (Phi) is 9.08. The second-order valence-electron chi connectivity index (χ2n) is 12.2. The van der Waals surface area contributed by atoms with Crippen LogP contribution in [0.25, 0.3) is 0 Å². The number of benzene rings is 2. The van der Waals surface area contributed by atoms with Gasteiger partial charge >= 0.3 is 6.09 Å². The van der Waals surface area contributed by atoms with Gasteiger partial charge in [0.1, 0.15) is 11.4 Å². The monoisotopic (exact) mass is 626 g/mol. The third-order valence-electron chi connectivity index (χ3n) is 8.77. The van der Waals surface area contributed by atoms with Crippen molar-refractivity contribution in [2.75, 3.05) is 50.7 Å². The molecule has 0 radical (unpaired) electrons. The maximum Gasteiger partial charge on any atom is 0.410 e. The molecule has 11 nitrogen and oxygen atoms in total. The van der Waals surface area contributed by atoms with Crippen LogP contribution in [-0.4, -0.2) is 80.8 Å². The summed E-state index contributed by atoms with van der Waals surface area (Å²) in [7, 11) is 3.08. The largest absolute Gasteiger partial charge is 0.495 e. The van der Waals surface area contributed by atoms with Crippen molar-refractivity contribution in [1.82, 2.24) is 10.2 Å². The van der Waals surface area contributed by atoms with Crippen molar-refractivity contribution in [2.45, 2.75) is 45.3 Å². The molecule has 2 N–H and O–H groups in total. The second kappa shape index (κ2) is 12.6. The fourth-order valence-electron chi connectivity index (χ4n) is 6.27. The molecule has 3 aliphatic rings. The van der Waals surface area contributed by atoms with Crippen LogP contribution in [0.3, 0.4) is 0 Å². The highest BCUT2D eigenvalue weighted by Crippen LogP contribution is 2.49. The Morgan fingerprint density at radius 1 is 1.11 bits per heavy atom. The quantitative estimate of drug-likeness (QED) is 0.419. The van der Waals surface area contributed by atoms with Gasteiger partial charge in [0.15, 0.2) is 0 Å². The van der Waals surface area contributed by atoms with E-state index in [1.807, 2.05) is 32.9 Å². The normalized spacial score (nSPS) is 24.1. The molecule has 1 saturated carbocycles. The summed E-state index contributed by atoms with van der Waals surface area (Å²) in [6.07, 6.45) is 0.311. The first-order valence-corrected chi connectivity index (χ1v) is 15.1. The van der Waals surface area contributed by atoms with Crippen LogP contribution in [0.2, 0.25) is 5.02 Å². The van der Waals surface area contributed by atoms with Crippen molar-refractivity contribution < 1.29 is 33.4 Å². The molecule has 3 fully saturated rings. The Balaban J connectivity index is 1.47. The lowest BCUT2D eigenvalue weighted by Crippen LogP contribution is -2.55. The number of hydrogen-bond donors (Lipinski definition) is 2. The number of aryl methyl sites for hydroxylation is 1. The molecule has 4 atom stereocenters. The predicted molar refractivity (Wildman–Crippen MR) is 165 cm³/mol. The lowest BCUT2D eigenvalue weighted by molar-refractivity contribution is -0.128. The predicted octanol–water partition coefficient (Wildman–Crippen LogP) is 4.26. The molecule has 2 heterocycles. The second-order valence-corrected chi connectivity index (χ2v) is 12.6. The number of hydrogen-bond acceptors (Lipinski definition) is 7. The van der Waals surface area contributed by atoms with Gasteiger partial charge in [0.25, 0.3) is 5.91 Å². The molecular formula is C32H39ClN4O7.